The minimum absolute atomic E-state index is 0.0432. The lowest BCUT2D eigenvalue weighted by atomic mass is 10.3. The van der Waals surface area contributed by atoms with Crippen LogP contribution in [0, 0.1) is 6.92 Å². The van der Waals surface area contributed by atoms with Crippen molar-refractivity contribution >= 4 is 15.7 Å². The molecule has 0 aliphatic rings. The molecule has 0 bridgehead atoms. The number of hydrogen-bond donors (Lipinski definition) is 2. The maximum atomic E-state index is 11.4. The van der Waals surface area contributed by atoms with Crippen molar-refractivity contribution < 1.29 is 8.42 Å². The zero-order valence-corrected chi connectivity index (χ0v) is 13.4. The molecule has 0 aliphatic heterocycles. The molecule has 2 rings (SSSR count). The Kier molecular flexibility index (Phi) is 4.97. The second-order valence-electron chi connectivity index (χ2n) is 5.17. The summed E-state index contributed by atoms with van der Waals surface area (Å²) >= 11 is 0. The van der Waals surface area contributed by atoms with Crippen LogP contribution < -0.4 is 10.0 Å². The van der Waals surface area contributed by atoms with Crippen LogP contribution in [0.5, 0.6) is 0 Å². The molecule has 0 amide bonds. The minimum atomic E-state index is -3.13. The number of aryl methyl sites for hydroxylation is 1. The fourth-order valence-electron chi connectivity index (χ4n) is 2.04. The van der Waals surface area contributed by atoms with Gasteiger partial charge in [-0.25, -0.2) is 18.1 Å². The Bertz CT molecular complexity index is 709. The molecule has 0 saturated heterocycles. The number of fused-ring (bicyclic) bond motifs is 1. The average molecular weight is 310 g/mol. The molecule has 2 aromatic heterocycles. The lowest BCUT2D eigenvalue weighted by Gasteiger charge is -2.14. The van der Waals surface area contributed by atoms with Gasteiger partial charge in [0.15, 0.2) is 0 Å². The topological polar surface area (TPSA) is 75.5 Å². The van der Waals surface area contributed by atoms with Crippen molar-refractivity contribution in [1.29, 1.82) is 0 Å². The SMILES string of the molecule is CCS(=O)(=O)NC[C@@H](C)NCc1cnc2c(C)cccn12. The summed E-state index contributed by atoms with van der Waals surface area (Å²) in [6.07, 6.45) is 3.83. The lowest BCUT2D eigenvalue weighted by molar-refractivity contribution is 0.520. The molecule has 21 heavy (non-hydrogen) atoms. The first kappa shape index (κ1) is 15.9. The van der Waals surface area contributed by atoms with Crippen LogP contribution in [0.3, 0.4) is 0 Å². The number of aromatic nitrogens is 2. The Morgan fingerprint density at radius 2 is 2.19 bits per heavy atom. The van der Waals surface area contributed by atoms with Crippen LogP contribution in [0.1, 0.15) is 25.1 Å². The summed E-state index contributed by atoms with van der Waals surface area (Å²) in [5.41, 5.74) is 3.14. The van der Waals surface area contributed by atoms with E-state index in [1.54, 1.807) is 6.92 Å². The third kappa shape index (κ3) is 4.03. The molecular formula is C14H22N4O2S. The number of hydrogen-bond acceptors (Lipinski definition) is 4. The molecule has 0 aromatic carbocycles. The van der Waals surface area contributed by atoms with Crippen molar-refractivity contribution in [2.75, 3.05) is 12.3 Å². The second-order valence-corrected chi connectivity index (χ2v) is 7.26. The smallest absolute Gasteiger partial charge is 0.211 e. The first-order valence-electron chi connectivity index (χ1n) is 7.05. The standard InChI is InChI=1S/C14H22N4O2S/c1-4-21(19,20)17-8-12(3)15-9-13-10-16-14-11(2)6-5-7-18(13)14/h5-7,10,12,15,17H,4,8-9H2,1-3H3/t12-/m1/s1. The predicted octanol–water partition coefficient (Wildman–Crippen LogP) is 1.06. The van der Waals surface area contributed by atoms with Gasteiger partial charge in [-0.15, -0.1) is 0 Å². The quantitative estimate of drug-likeness (QED) is 0.802. The Hall–Kier alpha value is -1.44. The Morgan fingerprint density at radius 1 is 1.43 bits per heavy atom. The van der Waals surface area contributed by atoms with Crippen LogP contribution >= 0.6 is 0 Å². The van der Waals surface area contributed by atoms with Crippen LogP contribution in [0.25, 0.3) is 5.65 Å². The fraction of sp³-hybridized carbons (Fsp3) is 0.500. The van der Waals surface area contributed by atoms with Gasteiger partial charge in [-0.3, -0.25) is 0 Å². The maximum absolute atomic E-state index is 11.4. The molecule has 1 atom stereocenters. The van der Waals surface area contributed by atoms with Gasteiger partial charge in [0.1, 0.15) is 5.65 Å². The molecule has 0 radical (unpaired) electrons. The lowest BCUT2D eigenvalue weighted by Crippen LogP contribution is -2.39. The number of pyridine rings is 1. The summed E-state index contributed by atoms with van der Waals surface area (Å²) in [4.78, 5) is 4.41. The van der Waals surface area contributed by atoms with E-state index in [0.29, 0.717) is 13.1 Å². The van der Waals surface area contributed by atoms with E-state index in [1.807, 2.05) is 42.8 Å². The molecule has 2 aromatic rings. The van der Waals surface area contributed by atoms with Gasteiger partial charge in [0, 0.05) is 25.3 Å². The van der Waals surface area contributed by atoms with Gasteiger partial charge in [0.05, 0.1) is 17.6 Å². The molecule has 0 unspecified atom stereocenters. The van der Waals surface area contributed by atoms with Crippen molar-refractivity contribution in [1.82, 2.24) is 19.4 Å². The molecule has 2 heterocycles. The van der Waals surface area contributed by atoms with E-state index >= 15 is 0 Å². The van der Waals surface area contributed by atoms with Gasteiger partial charge in [-0.05, 0) is 32.4 Å². The van der Waals surface area contributed by atoms with E-state index in [-0.39, 0.29) is 11.8 Å². The van der Waals surface area contributed by atoms with Crippen LogP contribution in [0.15, 0.2) is 24.5 Å². The maximum Gasteiger partial charge on any atom is 0.211 e. The molecule has 2 N–H and O–H groups in total. The molecule has 6 nitrogen and oxygen atoms in total. The third-order valence-corrected chi connectivity index (χ3v) is 4.80. The first-order chi connectivity index (χ1) is 9.93. The molecular weight excluding hydrogens is 288 g/mol. The predicted molar refractivity (Wildman–Crippen MR) is 83.7 cm³/mol. The minimum Gasteiger partial charge on any atom is -0.307 e. The van der Waals surface area contributed by atoms with E-state index in [2.05, 4.69) is 15.0 Å². The summed E-state index contributed by atoms with van der Waals surface area (Å²) in [5, 5.41) is 3.31. The van der Waals surface area contributed by atoms with Crippen LogP contribution in [0.2, 0.25) is 0 Å². The molecule has 0 fully saturated rings. The molecule has 0 aliphatic carbocycles. The monoisotopic (exact) mass is 310 g/mol. The van der Waals surface area contributed by atoms with E-state index in [1.165, 1.54) is 0 Å². The molecule has 116 valence electrons. The van der Waals surface area contributed by atoms with Crippen molar-refractivity contribution in [3.63, 3.8) is 0 Å². The van der Waals surface area contributed by atoms with Crippen molar-refractivity contribution in [2.45, 2.75) is 33.4 Å². The van der Waals surface area contributed by atoms with Crippen LogP contribution in [-0.2, 0) is 16.6 Å². The Labute approximate surface area is 125 Å². The summed E-state index contributed by atoms with van der Waals surface area (Å²) in [5.74, 6) is 0.103. The zero-order chi connectivity index (χ0) is 15.5. The number of rotatable bonds is 7. The molecule has 7 heteroatoms. The number of sulfonamides is 1. The zero-order valence-electron chi connectivity index (χ0n) is 12.6. The first-order valence-corrected chi connectivity index (χ1v) is 8.70. The largest absolute Gasteiger partial charge is 0.307 e. The van der Waals surface area contributed by atoms with Gasteiger partial charge in [0.25, 0.3) is 0 Å². The van der Waals surface area contributed by atoms with Gasteiger partial charge < -0.3 is 9.72 Å². The number of nitrogens with one attached hydrogen (secondary N) is 2. The normalized spacial score (nSPS) is 13.7. The molecule has 0 spiro atoms. The van der Waals surface area contributed by atoms with Crippen LogP contribution in [0.4, 0.5) is 0 Å². The summed E-state index contributed by atoms with van der Waals surface area (Å²) < 4.78 is 27.4. The van der Waals surface area contributed by atoms with Gasteiger partial charge in [0.2, 0.25) is 10.0 Å². The van der Waals surface area contributed by atoms with Crippen molar-refractivity contribution in [2.24, 2.45) is 0 Å². The Balaban J connectivity index is 1.94. The van der Waals surface area contributed by atoms with Crippen molar-refractivity contribution in [3.8, 4) is 0 Å². The van der Waals surface area contributed by atoms with E-state index < -0.39 is 10.0 Å². The van der Waals surface area contributed by atoms with E-state index in [9.17, 15) is 8.42 Å². The highest BCUT2D eigenvalue weighted by Crippen LogP contribution is 2.10. The van der Waals surface area contributed by atoms with E-state index in [0.717, 1.165) is 16.9 Å². The highest BCUT2D eigenvalue weighted by molar-refractivity contribution is 7.89. The van der Waals surface area contributed by atoms with Gasteiger partial charge in [-0.2, -0.15) is 0 Å². The van der Waals surface area contributed by atoms with Gasteiger partial charge >= 0.3 is 0 Å². The highest BCUT2D eigenvalue weighted by Gasteiger charge is 2.10. The summed E-state index contributed by atoms with van der Waals surface area (Å²) in [6.45, 7) is 6.63. The van der Waals surface area contributed by atoms with Crippen molar-refractivity contribution in [3.05, 3.63) is 35.8 Å². The summed E-state index contributed by atoms with van der Waals surface area (Å²) in [7, 11) is -3.13. The van der Waals surface area contributed by atoms with Crippen LogP contribution in [-0.4, -0.2) is 36.1 Å². The number of imidazole rings is 1. The van der Waals surface area contributed by atoms with E-state index in [4.69, 9.17) is 0 Å². The Morgan fingerprint density at radius 3 is 2.90 bits per heavy atom. The third-order valence-electron chi connectivity index (χ3n) is 3.43. The number of nitrogens with zero attached hydrogens (tertiary/aromatic N) is 2. The molecule has 0 saturated carbocycles. The van der Waals surface area contributed by atoms with Gasteiger partial charge in [-0.1, -0.05) is 6.07 Å². The summed E-state index contributed by atoms with van der Waals surface area (Å²) in [6, 6.07) is 4.07. The average Bonchev–Trinajstić information content (AvgIpc) is 2.88. The fourth-order valence-corrected chi connectivity index (χ4v) is 2.75. The highest BCUT2D eigenvalue weighted by atomic mass is 32.2. The second kappa shape index (κ2) is 6.55.